The van der Waals surface area contributed by atoms with E-state index in [1.54, 1.807) is 0 Å². The van der Waals surface area contributed by atoms with Crippen LogP contribution in [0.25, 0.3) is 0 Å². The number of halogens is 3. The van der Waals surface area contributed by atoms with E-state index in [2.05, 4.69) is 11.3 Å². The highest BCUT2D eigenvalue weighted by atomic mass is 19.4. The fourth-order valence-corrected chi connectivity index (χ4v) is 0.285. The van der Waals surface area contributed by atoms with E-state index in [1.807, 2.05) is 0 Å². The van der Waals surface area contributed by atoms with Crippen molar-refractivity contribution in [2.45, 2.75) is 0 Å². The van der Waals surface area contributed by atoms with E-state index in [0.717, 1.165) is 0 Å². The molecule has 0 aliphatic carbocycles. The van der Waals surface area contributed by atoms with Gasteiger partial charge in [0.15, 0.2) is 0 Å². The minimum absolute atomic E-state index is 0.0404. The van der Waals surface area contributed by atoms with Crippen LogP contribution in [0.3, 0.4) is 0 Å². The van der Waals surface area contributed by atoms with Crippen LogP contribution in [0.2, 0.25) is 0 Å². The van der Waals surface area contributed by atoms with Crippen molar-refractivity contribution in [3.8, 4) is 0 Å². The Morgan fingerprint density at radius 1 is 1.44 bits per heavy atom. The fourth-order valence-electron chi connectivity index (χ4n) is 0.285. The maximum atomic E-state index is 11.3. The first-order valence-electron chi connectivity index (χ1n) is 2.46. The topological polar surface area (TPSA) is 9.23 Å². The van der Waals surface area contributed by atoms with Crippen molar-refractivity contribution in [3.05, 3.63) is 12.7 Å². The lowest BCUT2D eigenvalue weighted by Crippen LogP contribution is -2.23. The third-order valence-corrected chi connectivity index (χ3v) is 0.543. The smallest absolute Gasteiger partial charge is 0.447 e. The molecule has 1 nitrogen and oxygen atoms in total. The summed E-state index contributed by atoms with van der Waals surface area (Å²) >= 11 is 0. The van der Waals surface area contributed by atoms with Crippen LogP contribution in [0.4, 0.5) is 12.9 Å². The molecule has 0 aromatic heterocycles. The van der Waals surface area contributed by atoms with Crippen LogP contribution in [0.5, 0.6) is 0 Å². The Bertz CT molecular complexity index is 90.3. The van der Waals surface area contributed by atoms with Gasteiger partial charge in [-0.2, -0.15) is 0 Å². The molecule has 0 aromatic rings. The number of ether oxygens (including phenoxy) is 1. The first kappa shape index (κ1) is 8.55. The summed E-state index contributed by atoms with van der Waals surface area (Å²) in [6.45, 7) is -2.76. The summed E-state index contributed by atoms with van der Waals surface area (Å²) in [6, 6.07) is 0. The molecule has 0 rings (SSSR count). The van der Waals surface area contributed by atoms with E-state index in [1.165, 1.54) is 6.08 Å². The van der Waals surface area contributed by atoms with Gasteiger partial charge in [0.1, 0.15) is 0 Å². The van der Waals surface area contributed by atoms with Gasteiger partial charge < -0.3 is 17.7 Å². The molecule has 0 radical (unpaired) electrons. The van der Waals surface area contributed by atoms with Crippen LogP contribution < -0.4 is 0 Å². The molecule has 0 aliphatic rings. The first-order chi connectivity index (χ1) is 4.06. The molecule has 0 aliphatic heterocycles. The first-order valence-corrected chi connectivity index (χ1v) is 2.46. The van der Waals surface area contributed by atoms with Crippen LogP contribution in [0.15, 0.2) is 12.7 Å². The standard InChI is InChI=1S/C4H7BF3O/c1-2-3-9-4-5(6,7)8/h2H,1,3-4H2/q-1. The molecule has 0 N–H and O–H groups in total. The van der Waals surface area contributed by atoms with Crippen LogP contribution >= 0.6 is 0 Å². The molecule has 54 valence electrons. The average Bonchev–Trinajstić information content (AvgIpc) is 1.63. The second kappa shape index (κ2) is 3.56. The van der Waals surface area contributed by atoms with Crippen LogP contribution in [-0.2, 0) is 4.74 Å². The highest BCUT2D eigenvalue weighted by Crippen LogP contribution is 2.07. The van der Waals surface area contributed by atoms with Crippen LogP contribution in [0.1, 0.15) is 0 Å². The molecule has 0 bridgehead atoms. The summed E-state index contributed by atoms with van der Waals surface area (Å²) in [7, 11) is 0. The molecule has 0 heterocycles. The van der Waals surface area contributed by atoms with E-state index >= 15 is 0 Å². The predicted octanol–water partition coefficient (Wildman–Crippen LogP) is 1.58. The molecule has 0 saturated carbocycles. The van der Waals surface area contributed by atoms with Crippen molar-refractivity contribution in [3.63, 3.8) is 0 Å². The Morgan fingerprint density at radius 2 is 2.00 bits per heavy atom. The number of hydrogen-bond acceptors (Lipinski definition) is 1. The highest BCUT2D eigenvalue weighted by molar-refractivity contribution is 6.58. The zero-order chi connectivity index (χ0) is 7.33. The van der Waals surface area contributed by atoms with Crippen molar-refractivity contribution < 1.29 is 17.7 Å². The van der Waals surface area contributed by atoms with Crippen molar-refractivity contribution >= 4 is 6.98 Å². The van der Waals surface area contributed by atoms with Gasteiger partial charge in [-0.1, -0.05) is 6.08 Å². The average molecular weight is 139 g/mol. The fraction of sp³-hybridized carbons (Fsp3) is 0.500. The third-order valence-electron chi connectivity index (χ3n) is 0.543. The molecule has 0 unspecified atom stereocenters. The zero-order valence-electron chi connectivity index (χ0n) is 4.82. The van der Waals surface area contributed by atoms with Gasteiger partial charge >= 0.3 is 6.98 Å². The van der Waals surface area contributed by atoms with Crippen molar-refractivity contribution in [2.75, 3.05) is 13.1 Å². The van der Waals surface area contributed by atoms with E-state index in [4.69, 9.17) is 0 Å². The summed E-state index contributed by atoms with van der Waals surface area (Å²) < 4.78 is 38.0. The molecule has 0 atom stereocenters. The van der Waals surface area contributed by atoms with Gasteiger partial charge in [0.05, 0.1) is 6.61 Å². The van der Waals surface area contributed by atoms with E-state index < -0.39 is 13.5 Å². The molecule has 5 heteroatoms. The molecule has 0 aromatic carbocycles. The lowest BCUT2D eigenvalue weighted by molar-refractivity contribution is 0.178. The predicted molar refractivity (Wildman–Crippen MR) is 30.1 cm³/mol. The Balaban J connectivity index is 3.17. The van der Waals surface area contributed by atoms with E-state index in [9.17, 15) is 12.9 Å². The van der Waals surface area contributed by atoms with Crippen LogP contribution in [0, 0.1) is 0 Å². The normalized spacial score (nSPS) is 11.4. The van der Waals surface area contributed by atoms with Gasteiger partial charge in [-0.3, -0.25) is 0 Å². The summed E-state index contributed by atoms with van der Waals surface area (Å²) in [4.78, 5) is 0. The Morgan fingerprint density at radius 3 is 2.33 bits per heavy atom. The minimum atomic E-state index is -4.78. The largest absolute Gasteiger partial charge is 0.503 e. The third kappa shape index (κ3) is 7.55. The number of rotatable bonds is 4. The molecule has 0 spiro atoms. The molecule has 0 fully saturated rings. The monoisotopic (exact) mass is 139 g/mol. The van der Waals surface area contributed by atoms with Crippen molar-refractivity contribution in [1.82, 2.24) is 0 Å². The summed E-state index contributed by atoms with van der Waals surface area (Å²) in [5, 5.41) is 0. The van der Waals surface area contributed by atoms with Crippen molar-refractivity contribution in [2.24, 2.45) is 0 Å². The Kier molecular flexibility index (Phi) is 3.38. The Labute approximate surface area is 51.6 Å². The lowest BCUT2D eigenvalue weighted by Gasteiger charge is -2.11. The Hall–Kier alpha value is -0.445. The summed E-state index contributed by atoms with van der Waals surface area (Å²) in [6.07, 6.45) is 1.28. The van der Waals surface area contributed by atoms with Gasteiger partial charge in [-0.05, 0) is 0 Å². The summed E-state index contributed by atoms with van der Waals surface area (Å²) in [5.41, 5.74) is 0. The van der Waals surface area contributed by atoms with Gasteiger partial charge in [-0.15, -0.1) is 6.58 Å². The zero-order valence-corrected chi connectivity index (χ0v) is 4.82. The molecule has 0 saturated heterocycles. The minimum Gasteiger partial charge on any atom is -0.447 e. The highest BCUT2D eigenvalue weighted by Gasteiger charge is 2.22. The lowest BCUT2D eigenvalue weighted by atomic mass is 9.95. The summed E-state index contributed by atoms with van der Waals surface area (Å²) in [5.74, 6) is 0. The van der Waals surface area contributed by atoms with E-state index in [-0.39, 0.29) is 6.61 Å². The van der Waals surface area contributed by atoms with Crippen molar-refractivity contribution in [1.29, 1.82) is 0 Å². The van der Waals surface area contributed by atoms with Gasteiger partial charge in [0, 0.05) is 6.51 Å². The second-order valence-corrected chi connectivity index (χ2v) is 1.54. The number of hydrogen-bond donors (Lipinski definition) is 0. The SMILES string of the molecule is C=CCOC[B-](F)(F)F. The molecule has 9 heavy (non-hydrogen) atoms. The second-order valence-electron chi connectivity index (χ2n) is 1.54. The van der Waals surface area contributed by atoms with Gasteiger partial charge in [-0.25, -0.2) is 0 Å². The molecular weight excluding hydrogens is 132 g/mol. The van der Waals surface area contributed by atoms with E-state index in [0.29, 0.717) is 0 Å². The van der Waals surface area contributed by atoms with Gasteiger partial charge in [0.2, 0.25) is 0 Å². The molecule has 0 amide bonds. The quantitative estimate of drug-likeness (QED) is 0.326. The van der Waals surface area contributed by atoms with Crippen LogP contribution in [-0.4, -0.2) is 20.1 Å². The maximum absolute atomic E-state index is 11.3. The van der Waals surface area contributed by atoms with Gasteiger partial charge in [0.25, 0.3) is 0 Å². The molecular formula is C4H7BF3O-. The maximum Gasteiger partial charge on any atom is 0.503 e.